The smallest absolute Gasteiger partial charge is 0.124 e. The van der Waals surface area contributed by atoms with Gasteiger partial charge in [0.1, 0.15) is 5.75 Å². The number of hydrogen-bond donors (Lipinski definition) is 2. The second kappa shape index (κ2) is 6.84. The minimum atomic E-state index is 0.194. The molecule has 2 N–H and O–H groups in total. The number of rotatable bonds is 4. The van der Waals surface area contributed by atoms with E-state index in [0.717, 1.165) is 36.4 Å². The Bertz CT molecular complexity index is 622. The van der Waals surface area contributed by atoms with E-state index in [-0.39, 0.29) is 12.6 Å². The van der Waals surface area contributed by atoms with Gasteiger partial charge in [-0.3, -0.25) is 0 Å². The lowest BCUT2D eigenvalue weighted by Gasteiger charge is -2.20. The minimum absolute atomic E-state index is 0.194. The molecule has 0 amide bonds. The summed E-state index contributed by atoms with van der Waals surface area (Å²) in [6.45, 7) is 3.09. The van der Waals surface area contributed by atoms with E-state index in [9.17, 15) is 0 Å². The standard InChI is InChI=1S/C19H23NO2/c1-14-4-9-19-17(13-14)18(3-2-12-22-19)20-16-7-5-15(6-8-16)10-11-21/h4-9,13,18,20-21H,2-3,10-12H2,1H3. The molecule has 1 aliphatic heterocycles. The number of hydrogen-bond acceptors (Lipinski definition) is 3. The third kappa shape index (κ3) is 3.42. The van der Waals surface area contributed by atoms with Crippen molar-refractivity contribution in [3.8, 4) is 5.75 Å². The van der Waals surface area contributed by atoms with Crippen LogP contribution in [0.15, 0.2) is 42.5 Å². The monoisotopic (exact) mass is 297 g/mol. The third-order valence-electron chi connectivity index (χ3n) is 4.13. The molecule has 3 nitrogen and oxygen atoms in total. The Morgan fingerprint density at radius 3 is 2.77 bits per heavy atom. The summed E-state index contributed by atoms with van der Waals surface area (Å²) < 4.78 is 5.85. The lowest BCUT2D eigenvalue weighted by molar-refractivity contribution is 0.299. The molecule has 0 aliphatic carbocycles. The number of benzene rings is 2. The van der Waals surface area contributed by atoms with Gasteiger partial charge < -0.3 is 15.2 Å². The van der Waals surface area contributed by atoms with Crippen molar-refractivity contribution in [2.24, 2.45) is 0 Å². The number of nitrogens with one attached hydrogen (secondary N) is 1. The zero-order chi connectivity index (χ0) is 15.4. The summed E-state index contributed by atoms with van der Waals surface area (Å²) in [4.78, 5) is 0. The molecule has 3 rings (SSSR count). The zero-order valence-corrected chi connectivity index (χ0v) is 13.0. The van der Waals surface area contributed by atoms with Crippen LogP contribution in [0.4, 0.5) is 5.69 Å². The van der Waals surface area contributed by atoms with E-state index in [4.69, 9.17) is 9.84 Å². The maximum atomic E-state index is 8.99. The molecule has 0 spiro atoms. The van der Waals surface area contributed by atoms with Crippen LogP contribution in [-0.4, -0.2) is 18.3 Å². The summed E-state index contributed by atoms with van der Waals surface area (Å²) in [6, 6.07) is 15.0. The molecule has 2 aromatic carbocycles. The second-order valence-electron chi connectivity index (χ2n) is 5.90. The van der Waals surface area contributed by atoms with E-state index in [1.54, 1.807) is 0 Å². The topological polar surface area (TPSA) is 41.5 Å². The predicted octanol–water partition coefficient (Wildman–Crippen LogP) is 3.86. The van der Waals surface area contributed by atoms with Crippen LogP contribution in [0.3, 0.4) is 0 Å². The molecule has 1 heterocycles. The van der Waals surface area contributed by atoms with Gasteiger partial charge in [-0.15, -0.1) is 0 Å². The van der Waals surface area contributed by atoms with Gasteiger partial charge >= 0.3 is 0 Å². The predicted molar refractivity (Wildman–Crippen MR) is 89.5 cm³/mol. The van der Waals surface area contributed by atoms with Gasteiger partial charge in [0.05, 0.1) is 12.6 Å². The molecular formula is C19H23NO2. The van der Waals surface area contributed by atoms with Gasteiger partial charge in [0, 0.05) is 17.9 Å². The summed E-state index contributed by atoms with van der Waals surface area (Å²) >= 11 is 0. The quantitative estimate of drug-likeness (QED) is 0.900. The highest BCUT2D eigenvalue weighted by molar-refractivity contribution is 5.50. The van der Waals surface area contributed by atoms with Crippen LogP contribution in [0, 0.1) is 6.92 Å². The summed E-state index contributed by atoms with van der Waals surface area (Å²) in [5, 5.41) is 12.6. The minimum Gasteiger partial charge on any atom is -0.493 e. The van der Waals surface area contributed by atoms with Crippen molar-refractivity contribution in [1.82, 2.24) is 0 Å². The van der Waals surface area contributed by atoms with Crippen LogP contribution in [0.25, 0.3) is 0 Å². The van der Waals surface area contributed by atoms with Gasteiger partial charge in [-0.25, -0.2) is 0 Å². The highest BCUT2D eigenvalue weighted by Gasteiger charge is 2.19. The summed E-state index contributed by atoms with van der Waals surface area (Å²) in [7, 11) is 0. The average Bonchev–Trinajstić information content (AvgIpc) is 2.72. The number of aliphatic hydroxyl groups is 1. The maximum absolute atomic E-state index is 8.99. The summed E-state index contributed by atoms with van der Waals surface area (Å²) in [5.41, 5.74) is 4.78. The van der Waals surface area contributed by atoms with Crippen LogP contribution < -0.4 is 10.1 Å². The molecule has 0 bridgehead atoms. The fraction of sp³-hybridized carbons (Fsp3) is 0.368. The Kier molecular flexibility index (Phi) is 4.64. The average molecular weight is 297 g/mol. The van der Waals surface area contributed by atoms with Gasteiger partial charge in [0.2, 0.25) is 0 Å². The van der Waals surface area contributed by atoms with E-state index in [1.165, 1.54) is 11.1 Å². The fourth-order valence-electron chi connectivity index (χ4n) is 2.94. The molecule has 22 heavy (non-hydrogen) atoms. The first-order valence-electron chi connectivity index (χ1n) is 7.96. The van der Waals surface area contributed by atoms with Crippen molar-refractivity contribution in [2.75, 3.05) is 18.5 Å². The highest BCUT2D eigenvalue weighted by atomic mass is 16.5. The van der Waals surface area contributed by atoms with Crippen LogP contribution in [0.5, 0.6) is 5.75 Å². The first-order valence-corrected chi connectivity index (χ1v) is 7.96. The van der Waals surface area contributed by atoms with Gasteiger partial charge in [-0.2, -0.15) is 0 Å². The number of fused-ring (bicyclic) bond motifs is 1. The largest absolute Gasteiger partial charge is 0.493 e. The maximum Gasteiger partial charge on any atom is 0.124 e. The van der Waals surface area contributed by atoms with Crippen molar-refractivity contribution >= 4 is 5.69 Å². The normalized spacial score (nSPS) is 17.3. The molecule has 0 saturated carbocycles. The SMILES string of the molecule is Cc1ccc2c(c1)C(Nc1ccc(CCO)cc1)CCCO2. The summed E-state index contributed by atoms with van der Waals surface area (Å²) in [6.07, 6.45) is 2.82. The third-order valence-corrected chi connectivity index (χ3v) is 4.13. The van der Waals surface area contributed by atoms with Crippen molar-refractivity contribution in [1.29, 1.82) is 0 Å². The second-order valence-corrected chi connectivity index (χ2v) is 5.90. The fourth-order valence-corrected chi connectivity index (χ4v) is 2.94. The van der Waals surface area contributed by atoms with E-state index < -0.39 is 0 Å². The number of anilines is 1. The van der Waals surface area contributed by atoms with Crippen LogP contribution in [-0.2, 0) is 6.42 Å². The Morgan fingerprint density at radius 1 is 1.18 bits per heavy atom. The summed E-state index contributed by atoms with van der Waals surface area (Å²) in [5.74, 6) is 0.998. The Hall–Kier alpha value is -2.00. The van der Waals surface area contributed by atoms with Crippen molar-refractivity contribution < 1.29 is 9.84 Å². The van der Waals surface area contributed by atoms with Crippen molar-refractivity contribution in [3.05, 3.63) is 59.2 Å². The van der Waals surface area contributed by atoms with Gasteiger partial charge in [-0.1, -0.05) is 29.8 Å². The molecule has 2 aromatic rings. The molecule has 1 unspecified atom stereocenters. The number of aryl methyl sites for hydroxylation is 1. The van der Waals surface area contributed by atoms with Crippen molar-refractivity contribution in [3.63, 3.8) is 0 Å². The first kappa shape index (κ1) is 14.9. The zero-order valence-electron chi connectivity index (χ0n) is 13.0. The molecule has 1 atom stereocenters. The lowest BCUT2D eigenvalue weighted by Crippen LogP contribution is -2.10. The first-order chi connectivity index (χ1) is 10.8. The molecule has 3 heteroatoms. The molecule has 0 radical (unpaired) electrons. The van der Waals surface area contributed by atoms with Gasteiger partial charge in [0.15, 0.2) is 0 Å². The highest BCUT2D eigenvalue weighted by Crippen LogP contribution is 2.34. The molecular weight excluding hydrogens is 274 g/mol. The van der Waals surface area contributed by atoms with Crippen LogP contribution >= 0.6 is 0 Å². The number of ether oxygens (including phenoxy) is 1. The Morgan fingerprint density at radius 2 is 2.00 bits per heavy atom. The Balaban J connectivity index is 1.81. The van der Waals surface area contributed by atoms with E-state index in [2.05, 4.69) is 54.7 Å². The van der Waals surface area contributed by atoms with Crippen molar-refractivity contribution in [2.45, 2.75) is 32.2 Å². The molecule has 0 aromatic heterocycles. The van der Waals surface area contributed by atoms with Gasteiger partial charge in [0.25, 0.3) is 0 Å². The van der Waals surface area contributed by atoms with Crippen LogP contribution in [0.1, 0.15) is 35.6 Å². The van der Waals surface area contributed by atoms with E-state index in [0.29, 0.717) is 6.42 Å². The molecule has 0 saturated heterocycles. The Labute approximate surface area is 131 Å². The molecule has 0 fully saturated rings. The van der Waals surface area contributed by atoms with E-state index in [1.807, 2.05) is 0 Å². The van der Waals surface area contributed by atoms with Crippen LogP contribution in [0.2, 0.25) is 0 Å². The molecule has 116 valence electrons. The lowest BCUT2D eigenvalue weighted by atomic mass is 9.99. The van der Waals surface area contributed by atoms with Gasteiger partial charge in [-0.05, 0) is 49.9 Å². The molecule has 1 aliphatic rings. The van der Waals surface area contributed by atoms with E-state index >= 15 is 0 Å². The number of aliphatic hydroxyl groups excluding tert-OH is 1.